The number of carbonyl (C=O) groups is 2. The molecule has 2 N–H and O–H groups in total. The number of aryl methyl sites for hydroxylation is 2. The lowest BCUT2D eigenvalue weighted by Gasteiger charge is -2.09. The summed E-state index contributed by atoms with van der Waals surface area (Å²) < 4.78 is 0. The van der Waals surface area contributed by atoms with Gasteiger partial charge < -0.3 is 10.4 Å². The van der Waals surface area contributed by atoms with E-state index in [1.165, 1.54) is 11.3 Å². The minimum Gasteiger partial charge on any atom is -0.481 e. The van der Waals surface area contributed by atoms with Crippen LogP contribution in [0.15, 0.2) is 24.3 Å². The van der Waals surface area contributed by atoms with Crippen molar-refractivity contribution in [2.75, 3.05) is 5.32 Å². The third-order valence-electron chi connectivity index (χ3n) is 3.12. The zero-order valence-electron chi connectivity index (χ0n) is 12.5. The van der Waals surface area contributed by atoms with Crippen LogP contribution >= 0.6 is 11.3 Å². The number of rotatable bonds is 6. The molecule has 0 saturated carbocycles. The monoisotopic (exact) mass is 318 g/mol. The second kappa shape index (κ2) is 7.17. The van der Waals surface area contributed by atoms with Gasteiger partial charge in [-0.15, -0.1) is 11.3 Å². The van der Waals surface area contributed by atoms with Gasteiger partial charge >= 0.3 is 5.97 Å². The Labute approximate surface area is 133 Å². The number of carboxylic acids is 1. The number of benzene rings is 1. The number of hydrogen-bond donors (Lipinski definition) is 2. The normalized spacial score (nSPS) is 10.5. The Kier molecular flexibility index (Phi) is 5.27. The minimum absolute atomic E-state index is 0.126. The third kappa shape index (κ3) is 3.92. The van der Waals surface area contributed by atoms with E-state index in [4.69, 9.17) is 5.11 Å². The quantitative estimate of drug-likeness (QED) is 0.856. The molecule has 0 saturated heterocycles. The van der Waals surface area contributed by atoms with Crippen LogP contribution in [0.2, 0.25) is 0 Å². The minimum atomic E-state index is -0.930. The Morgan fingerprint density at radius 3 is 2.73 bits per heavy atom. The lowest BCUT2D eigenvalue weighted by molar-refractivity contribution is -0.136. The van der Waals surface area contributed by atoms with Crippen LogP contribution < -0.4 is 5.32 Å². The summed E-state index contributed by atoms with van der Waals surface area (Å²) in [4.78, 5) is 28.3. The fourth-order valence-corrected chi connectivity index (χ4v) is 3.18. The zero-order chi connectivity index (χ0) is 16.1. The Hall–Kier alpha value is -2.21. The molecule has 5 nitrogen and oxygen atoms in total. The fraction of sp³-hybridized carbons (Fsp3) is 0.312. The van der Waals surface area contributed by atoms with Crippen molar-refractivity contribution in [2.24, 2.45) is 0 Å². The van der Waals surface area contributed by atoms with E-state index in [1.807, 2.05) is 6.92 Å². The summed E-state index contributed by atoms with van der Waals surface area (Å²) in [5.74, 6) is -1.17. The third-order valence-corrected chi connectivity index (χ3v) is 4.33. The molecule has 22 heavy (non-hydrogen) atoms. The highest BCUT2D eigenvalue weighted by molar-refractivity contribution is 7.13. The fourth-order valence-electron chi connectivity index (χ4n) is 2.12. The number of carboxylic acid groups (broad SMARTS) is 1. The smallest absolute Gasteiger partial charge is 0.307 e. The van der Waals surface area contributed by atoms with E-state index in [0.29, 0.717) is 21.8 Å². The summed E-state index contributed by atoms with van der Waals surface area (Å²) in [5, 5.41) is 12.7. The Morgan fingerprint density at radius 1 is 1.32 bits per heavy atom. The van der Waals surface area contributed by atoms with Crippen LogP contribution in [0, 0.1) is 6.92 Å². The lowest BCUT2D eigenvalue weighted by Crippen LogP contribution is -2.14. The predicted octanol–water partition coefficient (Wildman–Crippen LogP) is 3.28. The van der Waals surface area contributed by atoms with Gasteiger partial charge in [-0.3, -0.25) is 9.59 Å². The molecule has 6 heteroatoms. The standard InChI is InChI=1S/C16H18N2O3S/c1-3-6-13-17-10(2)15(22-13)16(21)18-12-8-5-4-7-11(12)9-14(19)20/h4-5,7-8H,3,6,9H2,1-2H3,(H,18,21)(H,19,20). The first-order valence-electron chi connectivity index (χ1n) is 7.08. The molecule has 1 heterocycles. The second-order valence-electron chi connectivity index (χ2n) is 4.95. The van der Waals surface area contributed by atoms with E-state index >= 15 is 0 Å². The number of aliphatic carboxylic acids is 1. The van der Waals surface area contributed by atoms with Gasteiger partial charge in [0.1, 0.15) is 4.88 Å². The molecule has 0 aliphatic heterocycles. The molecular formula is C16H18N2O3S. The van der Waals surface area contributed by atoms with Crippen molar-refractivity contribution in [1.29, 1.82) is 0 Å². The van der Waals surface area contributed by atoms with Crippen molar-refractivity contribution in [3.63, 3.8) is 0 Å². The summed E-state index contributed by atoms with van der Waals surface area (Å²) in [5.41, 5.74) is 1.82. The van der Waals surface area contributed by atoms with Gasteiger partial charge in [-0.1, -0.05) is 25.1 Å². The second-order valence-corrected chi connectivity index (χ2v) is 6.04. The number of anilines is 1. The topological polar surface area (TPSA) is 79.3 Å². The van der Waals surface area contributed by atoms with E-state index in [0.717, 1.165) is 17.8 Å². The summed E-state index contributed by atoms with van der Waals surface area (Å²) in [7, 11) is 0. The number of nitrogens with zero attached hydrogens (tertiary/aromatic N) is 1. The van der Waals surface area contributed by atoms with E-state index in [2.05, 4.69) is 17.2 Å². The van der Waals surface area contributed by atoms with Crippen LogP contribution in [0.1, 0.15) is 39.3 Å². The summed E-state index contributed by atoms with van der Waals surface area (Å²) in [6.45, 7) is 3.88. The van der Waals surface area contributed by atoms with Crippen LogP contribution in [-0.2, 0) is 17.6 Å². The van der Waals surface area contributed by atoms with Crippen molar-refractivity contribution < 1.29 is 14.7 Å². The summed E-state index contributed by atoms with van der Waals surface area (Å²) >= 11 is 1.39. The highest BCUT2D eigenvalue weighted by Gasteiger charge is 2.16. The van der Waals surface area contributed by atoms with Crippen LogP contribution in [0.25, 0.3) is 0 Å². The number of aromatic nitrogens is 1. The first-order chi connectivity index (χ1) is 10.5. The largest absolute Gasteiger partial charge is 0.481 e. The van der Waals surface area contributed by atoms with Gasteiger partial charge in [0.25, 0.3) is 5.91 Å². The zero-order valence-corrected chi connectivity index (χ0v) is 13.4. The number of carbonyl (C=O) groups excluding carboxylic acids is 1. The van der Waals surface area contributed by atoms with Crippen molar-refractivity contribution >= 4 is 28.9 Å². The number of hydrogen-bond acceptors (Lipinski definition) is 4. The predicted molar refractivity (Wildman–Crippen MR) is 86.6 cm³/mol. The molecule has 0 aliphatic carbocycles. The SMILES string of the molecule is CCCc1nc(C)c(C(=O)Nc2ccccc2CC(=O)O)s1. The maximum absolute atomic E-state index is 12.4. The van der Waals surface area contributed by atoms with Gasteiger partial charge in [0.2, 0.25) is 0 Å². The molecule has 0 unspecified atom stereocenters. The molecule has 0 bridgehead atoms. The Bertz CT molecular complexity index is 694. The van der Waals surface area contributed by atoms with Crippen LogP contribution in [0.4, 0.5) is 5.69 Å². The molecular weight excluding hydrogens is 300 g/mol. The highest BCUT2D eigenvalue weighted by atomic mass is 32.1. The van der Waals surface area contributed by atoms with Gasteiger partial charge in [-0.05, 0) is 31.4 Å². The van der Waals surface area contributed by atoms with Gasteiger partial charge in [-0.2, -0.15) is 0 Å². The molecule has 0 atom stereocenters. The van der Waals surface area contributed by atoms with Gasteiger partial charge in [0, 0.05) is 5.69 Å². The van der Waals surface area contributed by atoms with Crippen molar-refractivity contribution in [3.05, 3.63) is 45.4 Å². The first kappa shape index (κ1) is 16.2. The van der Waals surface area contributed by atoms with Crippen LogP contribution in [0.5, 0.6) is 0 Å². The van der Waals surface area contributed by atoms with Gasteiger partial charge in [0.15, 0.2) is 0 Å². The van der Waals surface area contributed by atoms with E-state index in [1.54, 1.807) is 24.3 Å². The molecule has 0 fully saturated rings. The van der Waals surface area contributed by atoms with E-state index in [-0.39, 0.29) is 12.3 Å². The maximum Gasteiger partial charge on any atom is 0.307 e. The average Bonchev–Trinajstić information content (AvgIpc) is 2.82. The lowest BCUT2D eigenvalue weighted by atomic mass is 10.1. The molecule has 1 aromatic carbocycles. The molecule has 1 amide bonds. The molecule has 116 valence electrons. The maximum atomic E-state index is 12.4. The summed E-state index contributed by atoms with van der Waals surface area (Å²) in [6, 6.07) is 6.93. The summed E-state index contributed by atoms with van der Waals surface area (Å²) in [6.07, 6.45) is 1.71. The average molecular weight is 318 g/mol. The molecule has 2 rings (SSSR count). The van der Waals surface area contributed by atoms with Crippen molar-refractivity contribution in [1.82, 2.24) is 4.98 Å². The molecule has 1 aromatic heterocycles. The molecule has 2 aromatic rings. The Balaban J connectivity index is 2.20. The first-order valence-corrected chi connectivity index (χ1v) is 7.90. The van der Waals surface area contributed by atoms with E-state index in [9.17, 15) is 9.59 Å². The van der Waals surface area contributed by atoms with Gasteiger partial charge in [-0.25, -0.2) is 4.98 Å². The number of thiazole rings is 1. The molecule has 0 radical (unpaired) electrons. The molecule has 0 aliphatic rings. The number of amides is 1. The van der Waals surface area contributed by atoms with Crippen LogP contribution in [0.3, 0.4) is 0 Å². The van der Waals surface area contributed by atoms with Crippen molar-refractivity contribution in [3.8, 4) is 0 Å². The Morgan fingerprint density at radius 2 is 2.05 bits per heavy atom. The van der Waals surface area contributed by atoms with Gasteiger partial charge in [0.05, 0.1) is 17.1 Å². The van der Waals surface area contributed by atoms with Crippen LogP contribution in [-0.4, -0.2) is 22.0 Å². The number of para-hydroxylation sites is 1. The highest BCUT2D eigenvalue weighted by Crippen LogP contribution is 2.22. The van der Waals surface area contributed by atoms with E-state index < -0.39 is 5.97 Å². The number of nitrogens with one attached hydrogen (secondary N) is 1. The molecule has 0 spiro atoms. The van der Waals surface area contributed by atoms with Crippen molar-refractivity contribution in [2.45, 2.75) is 33.1 Å².